The first-order valence-electron chi connectivity index (χ1n) is 9.82. The number of hydrogen-bond acceptors (Lipinski definition) is 6. The van der Waals surface area contributed by atoms with Crippen LogP contribution >= 0.6 is 0 Å². The molecule has 1 heterocycles. The SMILES string of the molecule is COC(=O)c1ccc(/C=C/C(=O)OC(C)C(=O)c2ccc3c(c2)CCN3C(C)=O)cc1. The lowest BCUT2D eigenvalue weighted by Crippen LogP contribution is -2.26. The van der Waals surface area contributed by atoms with Gasteiger partial charge < -0.3 is 14.4 Å². The molecule has 1 amide bonds. The van der Waals surface area contributed by atoms with E-state index in [1.807, 2.05) is 0 Å². The summed E-state index contributed by atoms with van der Waals surface area (Å²) in [5.74, 6) is -1.44. The summed E-state index contributed by atoms with van der Waals surface area (Å²) < 4.78 is 9.87. The molecule has 2 aromatic carbocycles. The number of nitrogens with zero attached hydrogens (tertiary/aromatic N) is 1. The highest BCUT2D eigenvalue weighted by Gasteiger charge is 2.25. The first-order valence-corrected chi connectivity index (χ1v) is 9.82. The Morgan fingerprint density at radius 1 is 1.03 bits per heavy atom. The maximum absolute atomic E-state index is 12.7. The molecule has 31 heavy (non-hydrogen) atoms. The third-order valence-electron chi connectivity index (χ3n) is 5.05. The second kappa shape index (κ2) is 9.38. The van der Waals surface area contributed by atoms with E-state index in [4.69, 9.17) is 4.74 Å². The molecule has 0 radical (unpaired) electrons. The molecule has 1 aliphatic heterocycles. The van der Waals surface area contributed by atoms with Gasteiger partial charge in [-0.3, -0.25) is 9.59 Å². The molecule has 0 aliphatic carbocycles. The van der Waals surface area contributed by atoms with Crippen molar-refractivity contribution in [1.29, 1.82) is 0 Å². The van der Waals surface area contributed by atoms with Crippen molar-refractivity contribution in [1.82, 2.24) is 0 Å². The summed E-state index contributed by atoms with van der Waals surface area (Å²) in [4.78, 5) is 49.6. The second-order valence-electron chi connectivity index (χ2n) is 7.15. The third-order valence-corrected chi connectivity index (χ3v) is 5.05. The number of carbonyl (C=O) groups is 4. The van der Waals surface area contributed by atoms with Crippen molar-refractivity contribution in [3.05, 3.63) is 70.8 Å². The minimum atomic E-state index is -0.956. The molecule has 0 saturated heterocycles. The van der Waals surface area contributed by atoms with E-state index in [0.717, 1.165) is 11.3 Å². The Bertz CT molecular complexity index is 1050. The van der Waals surface area contributed by atoms with Crippen molar-refractivity contribution >= 4 is 35.4 Å². The van der Waals surface area contributed by atoms with Gasteiger partial charge in [-0.05, 0) is 60.9 Å². The van der Waals surface area contributed by atoms with E-state index in [1.165, 1.54) is 33.1 Å². The summed E-state index contributed by atoms with van der Waals surface area (Å²) in [5.41, 5.74) is 3.27. The Morgan fingerprint density at radius 2 is 1.71 bits per heavy atom. The Labute approximate surface area is 180 Å². The second-order valence-corrected chi connectivity index (χ2v) is 7.15. The van der Waals surface area contributed by atoms with Gasteiger partial charge in [0.25, 0.3) is 0 Å². The number of anilines is 1. The minimum absolute atomic E-state index is 0.0353. The van der Waals surface area contributed by atoms with Gasteiger partial charge in [-0.1, -0.05) is 12.1 Å². The van der Waals surface area contributed by atoms with Gasteiger partial charge in [-0.25, -0.2) is 9.59 Å². The van der Waals surface area contributed by atoms with E-state index in [-0.39, 0.29) is 11.7 Å². The van der Waals surface area contributed by atoms with Crippen LogP contribution in [-0.4, -0.2) is 43.4 Å². The van der Waals surface area contributed by atoms with Crippen LogP contribution in [-0.2, 0) is 25.5 Å². The first-order chi connectivity index (χ1) is 14.8. The van der Waals surface area contributed by atoms with Crippen LogP contribution in [0, 0.1) is 0 Å². The number of amides is 1. The average Bonchev–Trinajstić information content (AvgIpc) is 3.20. The number of benzene rings is 2. The summed E-state index contributed by atoms with van der Waals surface area (Å²) >= 11 is 0. The fourth-order valence-corrected chi connectivity index (χ4v) is 3.40. The van der Waals surface area contributed by atoms with Crippen molar-refractivity contribution in [3.63, 3.8) is 0 Å². The number of carbonyl (C=O) groups excluding carboxylic acids is 4. The third kappa shape index (κ3) is 5.06. The summed E-state index contributed by atoms with van der Waals surface area (Å²) in [6.45, 7) is 3.63. The van der Waals surface area contributed by atoms with E-state index in [9.17, 15) is 19.2 Å². The highest BCUT2D eigenvalue weighted by Crippen LogP contribution is 2.29. The molecule has 7 heteroatoms. The van der Waals surface area contributed by atoms with E-state index in [0.29, 0.717) is 29.7 Å². The molecular formula is C24H23NO6. The number of Topliss-reactive ketones (excluding diaryl/α,β-unsaturated/α-hetero) is 1. The average molecular weight is 421 g/mol. The molecule has 0 bridgehead atoms. The lowest BCUT2D eigenvalue weighted by molar-refractivity contribution is -0.140. The Hall–Kier alpha value is -3.74. The fraction of sp³-hybridized carbons (Fsp3) is 0.250. The van der Waals surface area contributed by atoms with Crippen LogP contribution in [0.5, 0.6) is 0 Å². The predicted octanol–water partition coefficient (Wildman–Crippen LogP) is 3.21. The molecule has 1 unspecified atom stereocenters. The van der Waals surface area contributed by atoms with Gasteiger partial charge >= 0.3 is 11.9 Å². The number of ketones is 1. The maximum Gasteiger partial charge on any atom is 0.337 e. The van der Waals surface area contributed by atoms with Gasteiger partial charge in [-0.2, -0.15) is 0 Å². The topological polar surface area (TPSA) is 90.0 Å². The van der Waals surface area contributed by atoms with E-state index in [1.54, 1.807) is 47.4 Å². The van der Waals surface area contributed by atoms with Gasteiger partial charge in [0.15, 0.2) is 6.10 Å². The highest BCUT2D eigenvalue weighted by molar-refractivity contribution is 6.02. The van der Waals surface area contributed by atoms with Gasteiger partial charge in [0.05, 0.1) is 12.7 Å². The molecule has 0 saturated carbocycles. The summed E-state index contributed by atoms with van der Waals surface area (Å²) in [7, 11) is 1.30. The van der Waals surface area contributed by atoms with Crippen molar-refractivity contribution in [2.75, 3.05) is 18.6 Å². The molecule has 0 N–H and O–H groups in total. The number of methoxy groups -OCH3 is 1. The number of fused-ring (bicyclic) bond motifs is 1. The van der Waals surface area contributed by atoms with Gasteiger partial charge in [0.2, 0.25) is 11.7 Å². The van der Waals surface area contributed by atoms with E-state index >= 15 is 0 Å². The van der Waals surface area contributed by atoms with Crippen molar-refractivity contribution in [2.24, 2.45) is 0 Å². The standard InChI is InChI=1S/C24H23NO6/c1-15(23(28)20-9-10-21-19(14-20)12-13-25(21)16(2)26)31-22(27)11-6-17-4-7-18(8-5-17)24(29)30-3/h4-11,14-15H,12-13H2,1-3H3/b11-6+. The smallest absolute Gasteiger partial charge is 0.337 e. The van der Waals surface area contributed by atoms with Crippen LogP contribution in [0.4, 0.5) is 5.69 Å². The lowest BCUT2D eigenvalue weighted by atomic mass is 10.0. The number of hydrogen-bond donors (Lipinski definition) is 0. The Kier molecular flexibility index (Phi) is 6.65. The molecule has 1 aliphatic rings. The van der Waals surface area contributed by atoms with Crippen LogP contribution < -0.4 is 4.90 Å². The van der Waals surface area contributed by atoms with Gasteiger partial charge in [-0.15, -0.1) is 0 Å². The normalized spacial score (nSPS) is 13.6. The fourth-order valence-electron chi connectivity index (χ4n) is 3.40. The number of ether oxygens (including phenoxy) is 2. The zero-order chi connectivity index (χ0) is 22.5. The van der Waals surface area contributed by atoms with Crippen LogP contribution in [0.15, 0.2) is 48.5 Å². The maximum atomic E-state index is 12.7. The molecule has 0 spiro atoms. The van der Waals surface area contributed by atoms with Gasteiger partial charge in [0, 0.05) is 30.8 Å². The number of esters is 2. The summed E-state index contributed by atoms with van der Waals surface area (Å²) in [6.07, 6.45) is 2.49. The molecule has 2 aromatic rings. The molecular weight excluding hydrogens is 398 g/mol. The van der Waals surface area contributed by atoms with Crippen LogP contribution in [0.3, 0.4) is 0 Å². The lowest BCUT2D eigenvalue weighted by Gasteiger charge is -2.15. The Morgan fingerprint density at radius 3 is 2.35 bits per heavy atom. The van der Waals surface area contributed by atoms with Crippen LogP contribution in [0.25, 0.3) is 6.08 Å². The zero-order valence-corrected chi connectivity index (χ0v) is 17.6. The molecule has 1 atom stereocenters. The predicted molar refractivity (Wildman–Crippen MR) is 115 cm³/mol. The van der Waals surface area contributed by atoms with Gasteiger partial charge in [0.1, 0.15) is 0 Å². The molecule has 0 fully saturated rings. The summed E-state index contributed by atoms with van der Waals surface area (Å²) in [5, 5.41) is 0. The zero-order valence-electron chi connectivity index (χ0n) is 17.6. The largest absolute Gasteiger partial charge is 0.465 e. The Balaban J connectivity index is 1.61. The van der Waals surface area contributed by atoms with Crippen LogP contribution in [0.2, 0.25) is 0 Å². The number of rotatable bonds is 6. The first kappa shape index (κ1) is 22.0. The monoisotopic (exact) mass is 421 g/mol. The summed E-state index contributed by atoms with van der Waals surface area (Å²) in [6, 6.07) is 11.7. The highest BCUT2D eigenvalue weighted by atomic mass is 16.5. The van der Waals surface area contributed by atoms with Crippen molar-refractivity contribution in [2.45, 2.75) is 26.4 Å². The van der Waals surface area contributed by atoms with Crippen molar-refractivity contribution in [3.8, 4) is 0 Å². The quantitative estimate of drug-likeness (QED) is 0.404. The van der Waals surface area contributed by atoms with Crippen LogP contribution in [0.1, 0.15) is 45.7 Å². The van der Waals surface area contributed by atoms with Crippen molar-refractivity contribution < 1.29 is 28.7 Å². The van der Waals surface area contributed by atoms with E-state index in [2.05, 4.69) is 4.74 Å². The van der Waals surface area contributed by atoms with E-state index < -0.39 is 18.0 Å². The minimum Gasteiger partial charge on any atom is -0.465 e. The molecule has 3 rings (SSSR count). The molecule has 7 nitrogen and oxygen atoms in total. The molecule has 0 aromatic heterocycles. The molecule has 160 valence electrons.